The lowest BCUT2D eigenvalue weighted by atomic mass is 9.95. The molecule has 5 rings (SSSR count). The van der Waals surface area contributed by atoms with E-state index < -0.39 is 0 Å². The molecule has 1 saturated carbocycles. The molecule has 0 bridgehead atoms. The Hall–Kier alpha value is -3.17. The third-order valence-corrected chi connectivity index (χ3v) is 6.53. The van der Waals surface area contributed by atoms with Crippen LogP contribution < -0.4 is 15.2 Å². The summed E-state index contributed by atoms with van der Waals surface area (Å²) in [6.07, 6.45) is 1.95. The Bertz CT molecular complexity index is 1350. The lowest BCUT2D eigenvalue weighted by Crippen LogP contribution is -2.22. The SMILES string of the molecule is COc1nn(C)c(=O)n1-c1c(C)cccc1Oc1nc(C2(c3ccc(Cl)cc3)CC2)ns1. The highest BCUT2D eigenvalue weighted by molar-refractivity contribution is 7.07. The molecule has 0 spiro atoms. The van der Waals surface area contributed by atoms with Crippen LogP contribution in [0.5, 0.6) is 17.0 Å². The number of halogens is 1. The van der Waals surface area contributed by atoms with E-state index in [1.54, 1.807) is 13.1 Å². The number of aromatic nitrogens is 5. The van der Waals surface area contributed by atoms with Gasteiger partial charge in [0.2, 0.25) is 0 Å². The van der Waals surface area contributed by atoms with E-state index in [4.69, 9.17) is 21.1 Å². The van der Waals surface area contributed by atoms with Crippen LogP contribution in [0.15, 0.2) is 47.3 Å². The van der Waals surface area contributed by atoms with Crippen molar-refractivity contribution in [2.24, 2.45) is 7.05 Å². The summed E-state index contributed by atoms with van der Waals surface area (Å²) >= 11 is 7.24. The molecule has 0 amide bonds. The maximum absolute atomic E-state index is 12.7. The predicted molar refractivity (Wildman–Crippen MR) is 122 cm³/mol. The van der Waals surface area contributed by atoms with E-state index in [1.165, 1.54) is 27.9 Å². The third-order valence-electron chi connectivity index (χ3n) is 5.68. The first kappa shape index (κ1) is 20.7. The lowest BCUT2D eigenvalue weighted by molar-refractivity contribution is 0.366. The van der Waals surface area contributed by atoms with Gasteiger partial charge in [0, 0.05) is 23.6 Å². The van der Waals surface area contributed by atoms with Crippen molar-refractivity contribution in [1.29, 1.82) is 0 Å². The molecule has 1 aliphatic carbocycles. The number of para-hydroxylation sites is 1. The van der Waals surface area contributed by atoms with Gasteiger partial charge in [-0.25, -0.2) is 14.0 Å². The Balaban J connectivity index is 1.51. The van der Waals surface area contributed by atoms with Crippen LogP contribution in [0, 0.1) is 6.92 Å². The molecule has 4 aromatic rings. The molecular weight excluding hydrogens is 450 g/mol. The average Bonchev–Trinajstić information content (AvgIpc) is 3.37. The molecule has 164 valence electrons. The number of aryl methyl sites for hydroxylation is 2. The molecule has 2 heterocycles. The van der Waals surface area contributed by atoms with Crippen molar-refractivity contribution in [1.82, 2.24) is 23.7 Å². The van der Waals surface area contributed by atoms with Gasteiger partial charge in [0.05, 0.1) is 12.5 Å². The Kier molecular flexibility index (Phi) is 5.02. The molecule has 0 radical (unpaired) electrons. The topological polar surface area (TPSA) is 84.1 Å². The van der Waals surface area contributed by atoms with Gasteiger partial charge in [-0.3, -0.25) is 0 Å². The van der Waals surface area contributed by atoms with Crippen LogP contribution in [0.25, 0.3) is 5.69 Å². The lowest BCUT2D eigenvalue weighted by Gasteiger charge is -2.13. The molecule has 10 heteroatoms. The molecular formula is C22H20ClN5O3S. The summed E-state index contributed by atoms with van der Waals surface area (Å²) in [7, 11) is 3.04. The van der Waals surface area contributed by atoms with E-state index in [0.717, 1.165) is 29.8 Å². The van der Waals surface area contributed by atoms with Gasteiger partial charge >= 0.3 is 11.7 Å². The fourth-order valence-corrected chi connectivity index (χ4v) is 4.60. The van der Waals surface area contributed by atoms with Crippen molar-refractivity contribution in [2.75, 3.05) is 7.11 Å². The van der Waals surface area contributed by atoms with Crippen molar-refractivity contribution in [3.63, 3.8) is 0 Å². The summed E-state index contributed by atoms with van der Waals surface area (Å²) in [5.74, 6) is 1.21. The van der Waals surface area contributed by atoms with Gasteiger partial charge < -0.3 is 9.47 Å². The monoisotopic (exact) mass is 469 g/mol. The smallest absolute Gasteiger partial charge is 0.353 e. The standard InChI is InChI=1S/C22H20ClN5O3S/c1-13-5-4-6-16(17(13)28-19(30-3)25-27(2)21(28)29)31-20-24-18(26-32-20)22(11-12-22)14-7-9-15(23)10-8-14/h4-10H,11-12H2,1-3H3. The zero-order valence-corrected chi connectivity index (χ0v) is 19.3. The molecule has 2 aromatic heterocycles. The van der Waals surface area contributed by atoms with Crippen LogP contribution in [0.4, 0.5) is 0 Å². The normalized spacial score (nSPS) is 14.4. The summed E-state index contributed by atoms with van der Waals surface area (Å²) < 4.78 is 18.7. The van der Waals surface area contributed by atoms with Crippen molar-refractivity contribution in [2.45, 2.75) is 25.2 Å². The first-order valence-electron chi connectivity index (χ1n) is 10.0. The summed E-state index contributed by atoms with van der Waals surface area (Å²) in [6, 6.07) is 13.5. The van der Waals surface area contributed by atoms with Crippen LogP contribution in [-0.2, 0) is 12.5 Å². The van der Waals surface area contributed by atoms with E-state index in [0.29, 0.717) is 21.7 Å². The predicted octanol–water partition coefficient (Wildman–Crippen LogP) is 4.27. The maximum Gasteiger partial charge on any atom is 0.353 e. The quantitative estimate of drug-likeness (QED) is 0.419. The fraction of sp³-hybridized carbons (Fsp3) is 0.273. The Morgan fingerprint density at radius 2 is 1.91 bits per heavy atom. The summed E-state index contributed by atoms with van der Waals surface area (Å²) in [6.45, 7) is 1.90. The molecule has 2 aromatic carbocycles. The second kappa shape index (κ2) is 7.75. The number of hydrogen-bond acceptors (Lipinski definition) is 7. The first-order valence-corrected chi connectivity index (χ1v) is 11.2. The molecule has 0 saturated heterocycles. The highest BCUT2D eigenvalue weighted by Gasteiger charge is 2.49. The van der Waals surface area contributed by atoms with E-state index in [9.17, 15) is 4.79 Å². The maximum atomic E-state index is 12.7. The summed E-state index contributed by atoms with van der Waals surface area (Å²) in [5.41, 5.74) is 2.01. The van der Waals surface area contributed by atoms with Crippen molar-refractivity contribution in [3.05, 3.63) is 74.9 Å². The minimum Gasteiger partial charge on any atom is -0.467 e. The molecule has 32 heavy (non-hydrogen) atoms. The highest BCUT2D eigenvalue weighted by Crippen LogP contribution is 2.53. The molecule has 0 unspecified atom stereocenters. The first-order chi connectivity index (χ1) is 15.4. The van der Waals surface area contributed by atoms with Crippen LogP contribution in [-0.4, -0.2) is 30.8 Å². The van der Waals surface area contributed by atoms with E-state index >= 15 is 0 Å². The number of ether oxygens (including phenoxy) is 2. The molecule has 0 atom stereocenters. The van der Waals surface area contributed by atoms with E-state index in [2.05, 4.69) is 14.5 Å². The second-order valence-corrected chi connectivity index (χ2v) is 8.88. The van der Waals surface area contributed by atoms with Crippen molar-refractivity contribution >= 4 is 23.1 Å². The Morgan fingerprint density at radius 1 is 1.16 bits per heavy atom. The largest absolute Gasteiger partial charge is 0.467 e. The molecule has 1 aliphatic rings. The molecule has 8 nitrogen and oxygen atoms in total. The second-order valence-electron chi connectivity index (χ2n) is 7.72. The van der Waals surface area contributed by atoms with E-state index in [-0.39, 0.29) is 17.1 Å². The van der Waals surface area contributed by atoms with Gasteiger partial charge in [-0.15, -0.1) is 5.10 Å². The number of nitrogens with zero attached hydrogens (tertiary/aromatic N) is 5. The molecule has 1 fully saturated rings. The van der Waals surface area contributed by atoms with Gasteiger partial charge in [0.25, 0.3) is 5.19 Å². The summed E-state index contributed by atoms with van der Waals surface area (Å²) in [5, 5.41) is 5.24. The number of methoxy groups -OCH3 is 1. The van der Waals surface area contributed by atoms with Crippen LogP contribution >= 0.6 is 23.1 Å². The van der Waals surface area contributed by atoms with Crippen LogP contribution in [0.3, 0.4) is 0 Å². The third kappa shape index (κ3) is 3.37. The van der Waals surface area contributed by atoms with Gasteiger partial charge in [0.1, 0.15) is 5.69 Å². The average molecular weight is 470 g/mol. The Morgan fingerprint density at radius 3 is 2.59 bits per heavy atom. The zero-order valence-electron chi connectivity index (χ0n) is 17.7. The van der Waals surface area contributed by atoms with Gasteiger partial charge in [-0.05, 0) is 49.1 Å². The number of hydrogen-bond donors (Lipinski definition) is 0. The van der Waals surface area contributed by atoms with Crippen LogP contribution in [0.1, 0.15) is 29.8 Å². The minimum atomic E-state index is -0.335. The molecule has 0 N–H and O–H groups in total. The fourth-order valence-electron chi connectivity index (χ4n) is 3.84. The minimum absolute atomic E-state index is 0.175. The number of rotatable bonds is 6. The van der Waals surface area contributed by atoms with Gasteiger partial charge in [-0.2, -0.15) is 9.36 Å². The summed E-state index contributed by atoms with van der Waals surface area (Å²) in [4.78, 5) is 17.4. The van der Waals surface area contributed by atoms with Gasteiger partial charge in [-0.1, -0.05) is 35.9 Å². The van der Waals surface area contributed by atoms with Gasteiger partial charge in [0.15, 0.2) is 11.6 Å². The zero-order chi connectivity index (χ0) is 22.5. The number of benzene rings is 2. The highest BCUT2D eigenvalue weighted by atomic mass is 35.5. The van der Waals surface area contributed by atoms with Crippen molar-refractivity contribution < 1.29 is 9.47 Å². The van der Waals surface area contributed by atoms with E-state index in [1.807, 2.05) is 43.3 Å². The Labute approximate surface area is 193 Å². The van der Waals surface area contributed by atoms with Crippen LogP contribution in [0.2, 0.25) is 5.02 Å². The van der Waals surface area contributed by atoms with Crippen molar-refractivity contribution in [3.8, 4) is 22.6 Å². The molecule has 0 aliphatic heterocycles.